The van der Waals surface area contributed by atoms with Crippen LogP contribution in [0.2, 0.25) is 0 Å². The summed E-state index contributed by atoms with van der Waals surface area (Å²) in [5, 5.41) is 2.08. The molecule has 5 heteroatoms. The van der Waals surface area contributed by atoms with Crippen LogP contribution in [0.1, 0.15) is 45.1 Å². The Bertz CT molecular complexity index is 379. The number of rotatable bonds is 9. The number of nitrogens with two attached hydrogens (primary N) is 1. The highest BCUT2D eigenvalue weighted by Gasteiger charge is 2.06. The van der Waals surface area contributed by atoms with E-state index in [1.54, 1.807) is 23.5 Å². The molecule has 0 aliphatic rings. The molecule has 2 nitrogen and oxygen atoms in total. The molecule has 106 valence electrons. The van der Waals surface area contributed by atoms with Crippen molar-refractivity contribution in [1.29, 1.82) is 0 Å². The van der Waals surface area contributed by atoms with E-state index in [9.17, 15) is 0 Å². The van der Waals surface area contributed by atoms with Gasteiger partial charge in [0.25, 0.3) is 0 Å². The van der Waals surface area contributed by atoms with Crippen LogP contribution in [-0.2, 0) is 0 Å². The molecular formula is C14H22N2S3. The summed E-state index contributed by atoms with van der Waals surface area (Å²) in [6, 6.07) is 4.01. The summed E-state index contributed by atoms with van der Waals surface area (Å²) in [4.78, 5) is 5.13. The second-order valence-electron chi connectivity index (χ2n) is 4.30. The van der Waals surface area contributed by atoms with Crippen LogP contribution in [0.5, 0.6) is 0 Å². The lowest BCUT2D eigenvalue weighted by Crippen LogP contribution is -2.10. The zero-order valence-electron chi connectivity index (χ0n) is 11.6. The average Bonchev–Trinajstić information content (AvgIpc) is 2.39. The van der Waals surface area contributed by atoms with E-state index < -0.39 is 0 Å². The minimum absolute atomic E-state index is 0.456. The van der Waals surface area contributed by atoms with Crippen molar-refractivity contribution in [2.45, 2.75) is 49.6 Å². The molecule has 0 saturated carbocycles. The van der Waals surface area contributed by atoms with E-state index in [0.717, 1.165) is 27.1 Å². The number of nitrogens with zero attached hydrogens (tertiary/aromatic N) is 1. The Balaban J connectivity index is 2.75. The van der Waals surface area contributed by atoms with Crippen molar-refractivity contribution in [1.82, 2.24) is 4.98 Å². The highest BCUT2D eigenvalue weighted by atomic mass is 32.2. The monoisotopic (exact) mass is 314 g/mol. The second-order valence-corrected chi connectivity index (χ2v) is 6.97. The van der Waals surface area contributed by atoms with E-state index in [0.29, 0.717) is 4.99 Å². The third kappa shape index (κ3) is 6.63. The first kappa shape index (κ1) is 16.8. The lowest BCUT2D eigenvalue weighted by molar-refractivity contribution is 0.888. The Morgan fingerprint density at radius 1 is 1.11 bits per heavy atom. The average molecular weight is 315 g/mol. The normalized spacial score (nSPS) is 10.6. The number of hydrogen-bond donors (Lipinski definition) is 1. The fourth-order valence-corrected chi connectivity index (χ4v) is 3.62. The van der Waals surface area contributed by atoms with Gasteiger partial charge >= 0.3 is 0 Å². The van der Waals surface area contributed by atoms with E-state index >= 15 is 0 Å². The van der Waals surface area contributed by atoms with Crippen LogP contribution in [0.3, 0.4) is 0 Å². The summed E-state index contributed by atoms with van der Waals surface area (Å²) in [5.41, 5.74) is 6.68. The van der Waals surface area contributed by atoms with Crippen LogP contribution in [0.4, 0.5) is 0 Å². The number of unbranched alkanes of at least 4 members (excludes halogenated alkanes) is 2. The molecule has 1 heterocycles. The minimum Gasteiger partial charge on any atom is -0.389 e. The molecule has 0 bridgehead atoms. The van der Waals surface area contributed by atoms with Gasteiger partial charge in [-0.25, -0.2) is 4.98 Å². The molecule has 0 spiro atoms. The van der Waals surface area contributed by atoms with Crippen molar-refractivity contribution in [3.05, 3.63) is 17.7 Å². The topological polar surface area (TPSA) is 38.9 Å². The highest BCUT2D eigenvalue weighted by molar-refractivity contribution is 7.99. The van der Waals surface area contributed by atoms with Crippen molar-refractivity contribution in [3.63, 3.8) is 0 Å². The highest BCUT2D eigenvalue weighted by Crippen LogP contribution is 2.25. The van der Waals surface area contributed by atoms with Crippen LogP contribution >= 0.6 is 35.7 Å². The Labute approximate surface area is 130 Å². The quantitative estimate of drug-likeness (QED) is 0.413. The molecule has 0 aromatic carbocycles. The van der Waals surface area contributed by atoms with Crippen LogP contribution in [0.15, 0.2) is 22.2 Å². The van der Waals surface area contributed by atoms with Crippen LogP contribution in [0.25, 0.3) is 0 Å². The second kappa shape index (κ2) is 9.61. The maximum atomic E-state index is 5.75. The Morgan fingerprint density at radius 2 is 1.58 bits per heavy atom. The van der Waals surface area contributed by atoms with Crippen molar-refractivity contribution < 1.29 is 0 Å². The number of thioether (sulfide) groups is 2. The molecule has 1 rings (SSSR count). The summed E-state index contributed by atoms with van der Waals surface area (Å²) in [7, 11) is 0. The van der Waals surface area contributed by atoms with Gasteiger partial charge in [-0.3, -0.25) is 0 Å². The summed E-state index contributed by atoms with van der Waals surface area (Å²) < 4.78 is 0. The van der Waals surface area contributed by atoms with Gasteiger partial charge in [-0.2, -0.15) is 0 Å². The van der Waals surface area contributed by atoms with Gasteiger partial charge in [-0.15, -0.1) is 23.5 Å². The van der Waals surface area contributed by atoms with Crippen molar-refractivity contribution in [3.8, 4) is 0 Å². The molecule has 0 unspecified atom stereocenters. The summed E-state index contributed by atoms with van der Waals surface area (Å²) in [6.45, 7) is 4.40. The molecule has 1 aromatic rings. The Hall–Kier alpha value is -0.260. The first-order valence-electron chi connectivity index (χ1n) is 6.74. The molecule has 0 amide bonds. The van der Waals surface area contributed by atoms with E-state index in [2.05, 4.69) is 18.8 Å². The van der Waals surface area contributed by atoms with E-state index in [4.69, 9.17) is 18.0 Å². The van der Waals surface area contributed by atoms with Crippen LogP contribution in [0, 0.1) is 0 Å². The molecule has 2 N–H and O–H groups in total. The molecule has 0 fully saturated rings. The van der Waals surface area contributed by atoms with Crippen LogP contribution in [-0.4, -0.2) is 21.5 Å². The fraction of sp³-hybridized carbons (Fsp3) is 0.571. The van der Waals surface area contributed by atoms with Gasteiger partial charge in [-0.05, 0) is 36.5 Å². The summed E-state index contributed by atoms with van der Waals surface area (Å²) >= 11 is 8.66. The number of thiocarbonyl (C=S) groups is 1. The van der Waals surface area contributed by atoms with Crippen LogP contribution < -0.4 is 5.73 Å². The molecule has 0 saturated heterocycles. The fourth-order valence-electron chi connectivity index (χ4n) is 1.41. The molecule has 19 heavy (non-hydrogen) atoms. The Kier molecular flexibility index (Phi) is 8.50. The van der Waals surface area contributed by atoms with Gasteiger partial charge in [0, 0.05) is 5.56 Å². The zero-order valence-corrected chi connectivity index (χ0v) is 14.1. The van der Waals surface area contributed by atoms with E-state index in [1.165, 1.54) is 25.7 Å². The maximum Gasteiger partial charge on any atom is 0.104 e. The van der Waals surface area contributed by atoms with Gasteiger partial charge in [-0.1, -0.05) is 38.9 Å². The van der Waals surface area contributed by atoms with Crippen molar-refractivity contribution in [2.24, 2.45) is 5.73 Å². The van der Waals surface area contributed by atoms with Gasteiger partial charge in [0.15, 0.2) is 0 Å². The van der Waals surface area contributed by atoms with Gasteiger partial charge in [0.05, 0.1) is 10.1 Å². The zero-order chi connectivity index (χ0) is 14.1. The van der Waals surface area contributed by atoms with Crippen molar-refractivity contribution >= 4 is 40.7 Å². The number of hydrogen-bond acceptors (Lipinski definition) is 4. The first-order chi connectivity index (χ1) is 9.17. The molecule has 1 aromatic heterocycles. The molecule has 0 aliphatic carbocycles. The van der Waals surface area contributed by atoms with Gasteiger partial charge in [0.1, 0.15) is 4.99 Å². The van der Waals surface area contributed by atoms with Gasteiger partial charge < -0.3 is 5.73 Å². The summed E-state index contributed by atoms with van der Waals surface area (Å²) in [5.74, 6) is 2.20. The largest absolute Gasteiger partial charge is 0.389 e. The lowest BCUT2D eigenvalue weighted by atomic mass is 10.3. The Morgan fingerprint density at radius 3 is 1.95 bits per heavy atom. The lowest BCUT2D eigenvalue weighted by Gasteiger charge is -2.07. The minimum atomic E-state index is 0.456. The predicted octanol–water partition coefficient (Wildman–Crippen LogP) is 4.50. The van der Waals surface area contributed by atoms with Crippen molar-refractivity contribution in [2.75, 3.05) is 11.5 Å². The SMILES string of the molecule is CCCCSc1cc(C(N)=S)cc(SCCCC)n1. The van der Waals surface area contributed by atoms with E-state index in [1.807, 2.05) is 12.1 Å². The molecule has 0 atom stereocenters. The summed E-state index contributed by atoms with van der Waals surface area (Å²) in [6.07, 6.45) is 4.84. The number of aromatic nitrogens is 1. The smallest absolute Gasteiger partial charge is 0.104 e. The molecular weight excluding hydrogens is 292 g/mol. The first-order valence-corrected chi connectivity index (χ1v) is 9.12. The van der Waals surface area contributed by atoms with E-state index in [-0.39, 0.29) is 0 Å². The maximum absolute atomic E-state index is 5.75. The van der Waals surface area contributed by atoms with Gasteiger partial charge in [0.2, 0.25) is 0 Å². The molecule has 0 radical (unpaired) electrons. The molecule has 0 aliphatic heterocycles. The third-order valence-corrected chi connectivity index (χ3v) is 4.79. The number of pyridine rings is 1. The third-order valence-electron chi connectivity index (χ3n) is 2.56. The predicted molar refractivity (Wildman–Crippen MR) is 91.4 cm³/mol. The standard InChI is InChI=1S/C14H22N2S3/c1-3-5-7-18-12-9-11(14(15)17)10-13(16-12)19-8-6-4-2/h9-10H,3-8H2,1-2H3,(H2,15,17).